The molecule has 13 heavy (non-hydrogen) atoms. The highest BCUT2D eigenvalue weighted by Crippen LogP contribution is 2.22. The number of hydrogen-bond donors (Lipinski definition) is 0. The van der Waals surface area contributed by atoms with Crippen LogP contribution in [0.15, 0.2) is 0 Å². The molecule has 78 valence electrons. The predicted octanol–water partition coefficient (Wildman–Crippen LogP) is -0.604. The average molecular weight is 228 g/mol. The van der Waals surface area contributed by atoms with Crippen molar-refractivity contribution in [2.45, 2.75) is 13.0 Å². The van der Waals surface area contributed by atoms with Crippen molar-refractivity contribution in [3.05, 3.63) is 0 Å². The van der Waals surface area contributed by atoms with Crippen LogP contribution in [0.25, 0.3) is 0 Å². The molecule has 1 saturated heterocycles. The van der Waals surface area contributed by atoms with Gasteiger partial charge in [-0.25, -0.2) is 8.42 Å². The molecule has 1 aliphatic rings. The Morgan fingerprint density at radius 2 is 1.85 bits per heavy atom. The van der Waals surface area contributed by atoms with Gasteiger partial charge in [-0.3, -0.25) is 4.18 Å². The lowest BCUT2D eigenvalue weighted by molar-refractivity contribution is 0.194. The molecule has 0 aliphatic carbocycles. The summed E-state index contributed by atoms with van der Waals surface area (Å²) < 4.78 is 48.2. The maximum absolute atomic E-state index is 11.1. The zero-order chi connectivity index (χ0) is 10.3. The molecule has 0 unspecified atom stereocenters. The van der Waals surface area contributed by atoms with E-state index in [9.17, 15) is 16.8 Å². The highest BCUT2D eigenvalue weighted by molar-refractivity contribution is 7.91. The van der Waals surface area contributed by atoms with Gasteiger partial charge in [0.1, 0.15) is 0 Å². The summed E-state index contributed by atoms with van der Waals surface area (Å²) in [5.74, 6) is -0.436. The zero-order valence-electron chi connectivity index (χ0n) is 7.43. The van der Waals surface area contributed by atoms with Gasteiger partial charge >= 0.3 is 0 Å². The monoisotopic (exact) mass is 228 g/mol. The SMILES string of the molecule is C[C@H]1CS(=O)(=O)C[C@@H]1OS(C)(=O)=O. The Bertz CT molecular complexity index is 379. The zero-order valence-corrected chi connectivity index (χ0v) is 9.06. The van der Waals surface area contributed by atoms with E-state index in [4.69, 9.17) is 0 Å². The van der Waals surface area contributed by atoms with Crippen LogP contribution in [0.4, 0.5) is 0 Å². The van der Waals surface area contributed by atoms with Gasteiger partial charge < -0.3 is 0 Å². The maximum atomic E-state index is 11.1. The highest BCUT2D eigenvalue weighted by Gasteiger charge is 2.37. The van der Waals surface area contributed by atoms with Gasteiger partial charge in [-0.2, -0.15) is 8.42 Å². The summed E-state index contributed by atoms with van der Waals surface area (Å²) in [5.41, 5.74) is 0. The van der Waals surface area contributed by atoms with Crippen molar-refractivity contribution in [2.24, 2.45) is 5.92 Å². The van der Waals surface area contributed by atoms with Gasteiger partial charge in [0.2, 0.25) is 0 Å². The van der Waals surface area contributed by atoms with Crippen LogP contribution in [-0.2, 0) is 24.1 Å². The largest absolute Gasteiger partial charge is 0.266 e. The van der Waals surface area contributed by atoms with Crippen LogP contribution in [0.3, 0.4) is 0 Å². The number of sulfone groups is 1. The van der Waals surface area contributed by atoms with Crippen molar-refractivity contribution in [1.82, 2.24) is 0 Å². The fraction of sp³-hybridized carbons (Fsp3) is 1.00. The molecule has 1 heterocycles. The van der Waals surface area contributed by atoms with Gasteiger partial charge in [-0.05, 0) is 5.92 Å². The molecule has 0 radical (unpaired) electrons. The summed E-state index contributed by atoms with van der Waals surface area (Å²) in [6.45, 7) is 1.67. The first-order valence-corrected chi connectivity index (χ1v) is 7.42. The van der Waals surface area contributed by atoms with Gasteiger partial charge in [-0.1, -0.05) is 6.92 Å². The van der Waals surface area contributed by atoms with Crippen molar-refractivity contribution < 1.29 is 21.0 Å². The van der Waals surface area contributed by atoms with Crippen LogP contribution in [-0.4, -0.2) is 40.7 Å². The van der Waals surface area contributed by atoms with Crippen molar-refractivity contribution in [2.75, 3.05) is 17.8 Å². The maximum Gasteiger partial charge on any atom is 0.264 e. The van der Waals surface area contributed by atoms with Crippen LogP contribution in [0, 0.1) is 5.92 Å². The summed E-state index contributed by atoms with van der Waals surface area (Å²) in [7, 11) is -6.66. The van der Waals surface area contributed by atoms with E-state index in [1.807, 2.05) is 0 Å². The van der Waals surface area contributed by atoms with E-state index in [1.54, 1.807) is 6.92 Å². The third-order valence-corrected chi connectivity index (χ3v) is 4.33. The minimum absolute atomic E-state index is 0.00713. The Morgan fingerprint density at radius 3 is 2.15 bits per heavy atom. The molecule has 0 N–H and O–H groups in total. The van der Waals surface area contributed by atoms with E-state index in [2.05, 4.69) is 4.18 Å². The van der Waals surface area contributed by atoms with E-state index in [1.165, 1.54) is 0 Å². The Hall–Kier alpha value is -0.140. The fourth-order valence-electron chi connectivity index (χ4n) is 1.34. The first-order chi connectivity index (χ1) is 5.70. The predicted molar refractivity (Wildman–Crippen MR) is 47.5 cm³/mol. The Kier molecular flexibility index (Phi) is 2.70. The molecule has 1 rings (SSSR count). The molecule has 1 fully saturated rings. The number of rotatable bonds is 2. The Morgan fingerprint density at radius 1 is 1.31 bits per heavy atom. The van der Waals surface area contributed by atoms with E-state index in [0.717, 1.165) is 6.26 Å². The molecular weight excluding hydrogens is 216 g/mol. The van der Waals surface area contributed by atoms with Crippen molar-refractivity contribution in [3.8, 4) is 0 Å². The van der Waals surface area contributed by atoms with Gasteiger partial charge in [0.15, 0.2) is 9.84 Å². The molecule has 1 aliphatic heterocycles. The number of hydrogen-bond acceptors (Lipinski definition) is 5. The second-order valence-electron chi connectivity index (χ2n) is 3.39. The molecule has 7 heteroatoms. The van der Waals surface area contributed by atoms with Gasteiger partial charge in [0, 0.05) is 0 Å². The molecular formula is C6H12O5S2. The molecule has 5 nitrogen and oxygen atoms in total. The van der Waals surface area contributed by atoms with Gasteiger partial charge in [0.25, 0.3) is 10.1 Å². The van der Waals surface area contributed by atoms with Crippen LogP contribution < -0.4 is 0 Å². The third-order valence-electron chi connectivity index (χ3n) is 1.87. The van der Waals surface area contributed by atoms with Crippen molar-refractivity contribution in [1.29, 1.82) is 0 Å². The van der Waals surface area contributed by atoms with Crippen LogP contribution >= 0.6 is 0 Å². The third kappa shape index (κ3) is 3.24. The Labute approximate surface area is 78.1 Å². The summed E-state index contributed by atoms with van der Waals surface area (Å²) in [4.78, 5) is 0. The molecule has 0 saturated carbocycles. The van der Waals surface area contributed by atoms with Crippen LogP contribution in [0.2, 0.25) is 0 Å². The lowest BCUT2D eigenvalue weighted by Crippen LogP contribution is -2.23. The van der Waals surface area contributed by atoms with Crippen LogP contribution in [0.5, 0.6) is 0 Å². The van der Waals surface area contributed by atoms with Crippen molar-refractivity contribution >= 4 is 20.0 Å². The lowest BCUT2D eigenvalue weighted by atomic mass is 10.1. The summed E-state index contributed by atoms with van der Waals surface area (Å²) in [6.07, 6.45) is 0.213. The standard InChI is InChI=1S/C6H12O5S2/c1-5-3-13(9,10)4-6(5)11-12(2,7)8/h5-6H,3-4H2,1-2H3/t5-,6-/m0/s1. The molecule has 0 aromatic heterocycles. The topological polar surface area (TPSA) is 77.5 Å². The molecule has 0 amide bonds. The molecule has 2 atom stereocenters. The van der Waals surface area contributed by atoms with Gasteiger partial charge in [0.05, 0.1) is 23.9 Å². The second kappa shape index (κ2) is 3.21. The van der Waals surface area contributed by atoms with Crippen LogP contribution in [0.1, 0.15) is 6.92 Å². The van der Waals surface area contributed by atoms with E-state index < -0.39 is 26.1 Å². The summed E-state index contributed by atoms with van der Waals surface area (Å²) in [5, 5.41) is 0. The summed E-state index contributed by atoms with van der Waals surface area (Å²) in [6, 6.07) is 0. The highest BCUT2D eigenvalue weighted by atomic mass is 32.2. The van der Waals surface area contributed by atoms with E-state index in [0.29, 0.717) is 0 Å². The fourth-order valence-corrected chi connectivity index (χ4v) is 4.18. The molecule has 0 aromatic rings. The average Bonchev–Trinajstić information content (AvgIpc) is 2.00. The first-order valence-electron chi connectivity index (χ1n) is 3.78. The quantitative estimate of drug-likeness (QED) is 0.589. The Balaban J connectivity index is 2.76. The van der Waals surface area contributed by atoms with Gasteiger partial charge in [-0.15, -0.1) is 0 Å². The molecule has 0 bridgehead atoms. The second-order valence-corrected chi connectivity index (χ2v) is 7.15. The molecule has 0 spiro atoms. The summed E-state index contributed by atoms with van der Waals surface area (Å²) >= 11 is 0. The minimum Gasteiger partial charge on any atom is -0.266 e. The first kappa shape index (κ1) is 10.9. The van der Waals surface area contributed by atoms with E-state index >= 15 is 0 Å². The van der Waals surface area contributed by atoms with E-state index in [-0.39, 0.29) is 17.4 Å². The normalized spacial score (nSPS) is 33.4. The smallest absolute Gasteiger partial charge is 0.264 e. The minimum atomic E-state index is -3.56. The molecule has 0 aromatic carbocycles. The van der Waals surface area contributed by atoms with Crippen molar-refractivity contribution in [3.63, 3.8) is 0 Å². The lowest BCUT2D eigenvalue weighted by Gasteiger charge is -2.11.